The zero-order valence-electron chi connectivity index (χ0n) is 9.01. The molecule has 0 radical (unpaired) electrons. The molecule has 0 aliphatic heterocycles. The Morgan fingerprint density at radius 1 is 1.25 bits per heavy atom. The molecule has 0 heterocycles. The molecule has 0 spiro atoms. The lowest BCUT2D eigenvalue weighted by Crippen LogP contribution is -2.33. The first-order chi connectivity index (χ1) is 7.45. The summed E-state index contributed by atoms with van der Waals surface area (Å²) in [5.41, 5.74) is -0.0309. The van der Waals surface area contributed by atoms with Crippen molar-refractivity contribution in [3.05, 3.63) is 29.8 Å². The minimum Gasteiger partial charge on any atom is -0.382 e. The van der Waals surface area contributed by atoms with Gasteiger partial charge in [0.2, 0.25) is 0 Å². The Balaban J connectivity index is 2.05. The Hall–Kier alpha value is -1.19. The first-order valence-corrected chi connectivity index (χ1v) is 5.39. The first-order valence-electron chi connectivity index (χ1n) is 5.39. The van der Waals surface area contributed by atoms with Crippen LogP contribution in [0.1, 0.15) is 25.3 Å². The van der Waals surface area contributed by atoms with Crippen molar-refractivity contribution in [2.45, 2.75) is 32.0 Å². The number of alkyl halides is 3. The Bertz CT molecular complexity index is 367. The molecule has 1 fully saturated rings. The van der Waals surface area contributed by atoms with E-state index in [9.17, 15) is 13.2 Å². The Labute approximate surface area is 92.7 Å². The number of benzene rings is 1. The molecule has 0 atom stereocenters. The maximum atomic E-state index is 12.4. The van der Waals surface area contributed by atoms with Gasteiger partial charge < -0.3 is 5.32 Å². The summed E-state index contributed by atoms with van der Waals surface area (Å²) in [6, 6.07) is 5.71. The molecule has 1 aliphatic rings. The number of rotatable bonds is 2. The molecule has 0 unspecified atom stereocenters. The summed E-state index contributed by atoms with van der Waals surface area (Å²) < 4.78 is 37.3. The zero-order valence-corrected chi connectivity index (χ0v) is 9.01. The van der Waals surface area contributed by atoms with Crippen molar-refractivity contribution in [3.63, 3.8) is 0 Å². The molecule has 16 heavy (non-hydrogen) atoms. The van der Waals surface area contributed by atoms with Gasteiger partial charge in [-0.15, -0.1) is 0 Å². The smallest absolute Gasteiger partial charge is 0.382 e. The Morgan fingerprint density at radius 3 is 2.50 bits per heavy atom. The lowest BCUT2D eigenvalue weighted by Gasteiger charge is -2.34. The Kier molecular flexibility index (Phi) is 2.82. The molecule has 1 saturated carbocycles. The van der Waals surface area contributed by atoms with Gasteiger partial charge in [0.1, 0.15) is 0 Å². The van der Waals surface area contributed by atoms with Crippen LogP contribution < -0.4 is 5.32 Å². The van der Waals surface area contributed by atoms with E-state index in [0.717, 1.165) is 18.9 Å². The average molecular weight is 229 g/mol. The third-order valence-electron chi connectivity index (χ3n) is 2.93. The second kappa shape index (κ2) is 4.00. The van der Waals surface area contributed by atoms with E-state index in [1.54, 1.807) is 6.07 Å². The molecule has 88 valence electrons. The Morgan fingerprint density at radius 2 is 1.94 bits per heavy atom. The molecule has 4 heteroatoms. The van der Waals surface area contributed by atoms with Crippen molar-refractivity contribution in [2.75, 3.05) is 5.32 Å². The third kappa shape index (κ3) is 2.49. The topological polar surface area (TPSA) is 12.0 Å². The molecular weight excluding hydrogens is 215 g/mol. The fourth-order valence-electron chi connectivity index (χ4n) is 2.04. The SMILES string of the molecule is CC1CC(Nc2cccc(C(F)(F)F)c2)C1. The fourth-order valence-corrected chi connectivity index (χ4v) is 2.04. The van der Waals surface area contributed by atoms with Gasteiger partial charge in [-0.3, -0.25) is 0 Å². The first kappa shape index (κ1) is 11.3. The zero-order chi connectivity index (χ0) is 11.8. The molecular formula is C12H14F3N. The van der Waals surface area contributed by atoms with Crippen LogP contribution in [0.3, 0.4) is 0 Å². The van der Waals surface area contributed by atoms with E-state index >= 15 is 0 Å². The summed E-state index contributed by atoms with van der Waals surface area (Å²) in [5, 5.41) is 3.12. The highest BCUT2D eigenvalue weighted by Crippen LogP contribution is 2.33. The van der Waals surface area contributed by atoms with Crippen molar-refractivity contribution in [2.24, 2.45) is 5.92 Å². The van der Waals surface area contributed by atoms with Gasteiger partial charge in [0.05, 0.1) is 5.56 Å². The minimum absolute atomic E-state index is 0.332. The molecule has 1 aliphatic carbocycles. The molecule has 0 aromatic heterocycles. The van der Waals surface area contributed by atoms with E-state index in [4.69, 9.17) is 0 Å². The number of hydrogen-bond donors (Lipinski definition) is 1. The second-order valence-electron chi connectivity index (χ2n) is 4.50. The van der Waals surface area contributed by atoms with Crippen molar-refractivity contribution in [1.29, 1.82) is 0 Å². The van der Waals surface area contributed by atoms with Crippen LogP contribution in [-0.4, -0.2) is 6.04 Å². The summed E-state index contributed by atoms with van der Waals surface area (Å²) in [4.78, 5) is 0. The van der Waals surface area contributed by atoms with Crippen LogP contribution in [0.2, 0.25) is 0 Å². The van der Waals surface area contributed by atoms with E-state index in [2.05, 4.69) is 12.2 Å². The van der Waals surface area contributed by atoms with Gasteiger partial charge in [-0.2, -0.15) is 13.2 Å². The van der Waals surface area contributed by atoms with Crippen LogP contribution in [0.4, 0.5) is 18.9 Å². The van der Waals surface area contributed by atoms with Crippen LogP contribution in [0.15, 0.2) is 24.3 Å². The predicted octanol–water partition coefficient (Wildman–Crippen LogP) is 3.92. The summed E-state index contributed by atoms with van der Waals surface area (Å²) in [7, 11) is 0. The molecule has 1 aromatic carbocycles. The van der Waals surface area contributed by atoms with E-state index in [0.29, 0.717) is 17.6 Å². The van der Waals surface area contributed by atoms with Crippen LogP contribution in [-0.2, 0) is 6.18 Å². The lowest BCUT2D eigenvalue weighted by atomic mass is 9.82. The van der Waals surface area contributed by atoms with E-state index in [1.807, 2.05) is 0 Å². The van der Waals surface area contributed by atoms with E-state index in [1.165, 1.54) is 12.1 Å². The van der Waals surface area contributed by atoms with Crippen molar-refractivity contribution in [3.8, 4) is 0 Å². The highest BCUT2D eigenvalue weighted by molar-refractivity contribution is 5.47. The quantitative estimate of drug-likeness (QED) is 0.810. The fraction of sp³-hybridized carbons (Fsp3) is 0.500. The van der Waals surface area contributed by atoms with Gasteiger partial charge >= 0.3 is 6.18 Å². The molecule has 0 saturated heterocycles. The standard InChI is InChI=1S/C12H14F3N/c1-8-5-11(6-8)16-10-4-2-3-9(7-10)12(13,14)15/h2-4,7-8,11,16H,5-6H2,1H3. The maximum absolute atomic E-state index is 12.4. The van der Waals surface area contributed by atoms with Crippen LogP contribution >= 0.6 is 0 Å². The molecule has 2 rings (SSSR count). The van der Waals surface area contributed by atoms with Crippen LogP contribution in [0, 0.1) is 5.92 Å². The van der Waals surface area contributed by atoms with Crippen molar-refractivity contribution in [1.82, 2.24) is 0 Å². The summed E-state index contributed by atoms with van der Waals surface area (Å²) >= 11 is 0. The normalized spacial score (nSPS) is 25.0. The predicted molar refractivity (Wildman–Crippen MR) is 57.3 cm³/mol. The molecule has 1 nitrogen and oxygen atoms in total. The molecule has 0 bridgehead atoms. The van der Waals surface area contributed by atoms with Gasteiger partial charge in [0.25, 0.3) is 0 Å². The molecule has 1 N–H and O–H groups in total. The minimum atomic E-state index is -4.26. The lowest BCUT2D eigenvalue weighted by molar-refractivity contribution is -0.137. The van der Waals surface area contributed by atoms with E-state index in [-0.39, 0.29) is 0 Å². The number of anilines is 1. The van der Waals surface area contributed by atoms with Gasteiger partial charge in [-0.05, 0) is 37.0 Å². The van der Waals surface area contributed by atoms with Crippen LogP contribution in [0.5, 0.6) is 0 Å². The van der Waals surface area contributed by atoms with Gasteiger partial charge in [-0.1, -0.05) is 13.0 Å². The van der Waals surface area contributed by atoms with E-state index < -0.39 is 11.7 Å². The van der Waals surface area contributed by atoms with Gasteiger partial charge in [0.15, 0.2) is 0 Å². The number of hydrogen-bond acceptors (Lipinski definition) is 1. The summed E-state index contributed by atoms with van der Waals surface area (Å²) in [6.07, 6.45) is -2.18. The van der Waals surface area contributed by atoms with Crippen molar-refractivity contribution < 1.29 is 13.2 Å². The highest BCUT2D eigenvalue weighted by atomic mass is 19.4. The largest absolute Gasteiger partial charge is 0.416 e. The maximum Gasteiger partial charge on any atom is 0.416 e. The summed E-state index contributed by atoms with van der Waals surface area (Å²) in [6.45, 7) is 2.14. The second-order valence-corrected chi connectivity index (χ2v) is 4.50. The van der Waals surface area contributed by atoms with Crippen LogP contribution in [0.25, 0.3) is 0 Å². The molecule has 0 amide bonds. The monoisotopic (exact) mass is 229 g/mol. The average Bonchev–Trinajstić information content (AvgIpc) is 2.14. The number of halogens is 3. The number of nitrogens with one attached hydrogen (secondary N) is 1. The van der Waals surface area contributed by atoms with Gasteiger partial charge in [0, 0.05) is 11.7 Å². The molecule has 1 aromatic rings. The van der Waals surface area contributed by atoms with Crippen molar-refractivity contribution >= 4 is 5.69 Å². The summed E-state index contributed by atoms with van der Waals surface area (Å²) in [5.74, 6) is 0.684. The van der Waals surface area contributed by atoms with Gasteiger partial charge in [-0.25, -0.2) is 0 Å². The third-order valence-corrected chi connectivity index (χ3v) is 2.93. The highest BCUT2D eigenvalue weighted by Gasteiger charge is 2.31.